The van der Waals surface area contributed by atoms with Gasteiger partial charge in [0.15, 0.2) is 0 Å². The molecule has 1 atom stereocenters. The summed E-state index contributed by atoms with van der Waals surface area (Å²) < 4.78 is 5.11. The Hall–Kier alpha value is -3.19. The Morgan fingerprint density at radius 2 is 1.86 bits per heavy atom. The van der Waals surface area contributed by atoms with Crippen molar-refractivity contribution in [1.29, 1.82) is 0 Å². The molecule has 0 heterocycles. The molecule has 0 aliphatic heterocycles. The molecule has 3 N–H and O–H groups in total. The van der Waals surface area contributed by atoms with Gasteiger partial charge in [-0.2, -0.15) is 0 Å². The van der Waals surface area contributed by atoms with E-state index in [4.69, 9.17) is 10.6 Å². The van der Waals surface area contributed by atoms with Gasteiger partial charge in [0.2, 0.25) is 0 Å². The molecule has 7 heteroatoms. The van der Waals surface area contributed by atoms with Crippen molar-refractivity contribution in [2.45, 2.75) is 26.8 Å². The van der Waals surface area contributed by atoms with Gasteiger partial charge in [0.25, 0.3) is 5.91 Å². The lowest BCUT2D eigenvalue weighted by Crippen LogP contribution is -2.35. The van der Waals surface area contributed by atoms with Crippen LogP contribution in [0.4, 0.5) is 0 Å². The molecule has 0 radical (unpaired) electrons. The van der Waals surface area contributed by atoms with Gasteiger partial charge in [0.05, 0.1) is 12.3 Å². The standard InChI is InChI=1S/C22H29N5O2/c1-6-27(26-25-23)17(4)19-11-20(18-9-7-15(2)8-10-18)13-21(12-19)22(28)24-16(3)14-29-5/h7-13,16H,4,6,14H2,1-3,5H3,(H2,23,26)(H,24,28). The third-order valence-electron chi connectivity index (χ3n) is 4.48. The smallest absolute Gasteiger partial charge is 0.251 e. The predicted molar refractivity (Wildman–Crippen MR) is 116 cm³/mol. The lowest BCUT2D eigenvalue weighted by Gasteiger charge is -2.20. The van der Waals surface area contributed by atoms with Crippen LogP contribution in [0.5, 0.6) is 0 Å². The summed E-state index contributed by atoms with van der Waals surface area (Å²) in [5.74, 6) is 5.04. The van der Waals surface area contributed by atoms with Crippen LogP contribution in [0.25, 0.3) is 16.8 Å². The van der Waals surface area contributed by atoms with E-state index in [-0.39, 0.29) is 11.9 Å². The van der Waals surface area contributed by atoms with Crippen LogP contribution in [-0.4, -0.2) is 37.2 Å². The van der Waals surface area contributed by atoms with E-state index in [0.717, 1.165) is 16.7 Å². The van der Waals surface area contributed by atoms with Crippen LogP contribution in [-0.2, 0) is 4.74 Å². The summed E-state index contributed by atoms with van der Waals surface area (Å²) in [5.41, 5.74) is 4.99. The van der Waals surface area contributed by atoms with Crippen molar-refractivity contribution in [3.05, 3.63) is 65.7 Å². The van der Waals surface area contributed by atoms with Crippen LogP contribution >= 0.6 is 0 Å². The highest BCUT2D eigenvalue weighted by Crippen LogP contribution is 2.27. The summed E-state index contributed by atoms with van der Waals surface area (Å²) >= 11 is 0. The molecule has 29 heavy (non-hydrogen) atoms. The van der Waals surface area contributed by atoms with Crippen LogP contribution in [0.15, 0.2) is 59.5 Å². The van der Waals surface area contributed by atoms with Crippen LogP contribution < -0.4 is 11.2 Å². The number of methoxy groups -OCH3 is 1. The van der Waals surface area contributed by atoms with Crippen LogP contribution in [0, 0.1) is 6.92 Å². The van der Waals surface area contributed by atoms with Crippen LogP contribution in [0.2, 0.25) is 0 Å². The Bertz CT molecular complexity index is 877. The van der Waals surface area contributed by atoms with E-state index in [1.807, 2.05) is 57.2 Å². The molecule has 2 rings (SSSR count). The molecule has 0 aliphatic rings. The van der Waals surface area contributed by atoms with Crippen molar-refractivity contribution in [3.8, 4) is 11.1 Å². The first-order valence-corrected chi connectivity index (χ1v) is 9.49. The zero-order valence-electron chi connectivity index (χ0n) is 17.5. The highest BCUT2D eigenvalue weighted by atomic mass is 16.5. The number of nitrogens with zero attached hydrogens (tertiary/aromatic N) is 3. The van der Waals surface area contributed by atoms with Gasteiger partial charge in [-0.25, -0.2) is 5.01 Å². The van der Waals surface area contributed by atoms with Gasteiger partial charge < -0.3 is 15.9 Å². The SMILES string of the molecule is C=C(c1cc(C(=O)NC(C)COC)cc(-c2ccc(C)cc2)c1)N(CC)/N=N\N. The summed E-state index contributed by atoms with van der Waals surface area (Å²) in [6.45, 7) is 10.9. The summed E-state index contributed by atoms with van der Waals surface area (Å²) in [5, 5.41) is 11.8. The fourth-order valence-corrected chi connectivity index (χ4v) is 2.96. The van der Waals surface area contributed by atoms with Crippen molar-refractivity contribution < 1.29 is 9.53 Å². The second-order valence-corrected chi connectivity index (χ2v) is 6.86. The Morgan fingerprint density at radius 1 is 1.21 bits per heavy atom. The Kier molecular flexibility index (Phi) is 7.91. The number of hydrogen-bond acceptors (Lipinski definition) is 4. The third kappa shape index (κ3) is 5.89. The molecule has 0 saturated heterocycles. The summed E-state index contributed by atoms with van der Waals surface area (Å²) in [6, 6.07) is 13.7. The number of carbonyl (C=O) groups is 1. The summed E-state index contributed by atoms with van der Waals surface area (Å²) in [6.07, 6.45) is 0. The lowest BCUT2D eigenvalue weighted by atomic mass is 9.97. The molecule has 2 aromatic carbocycles. The number of hydrogen-bond donors (Lipinski definition) is 2. The van der Waals surface area contributed by atoms with Crippen molar-refractivity contribution >= 4 is 11.6 Å². The number of benzene rings is 2. The molecule has 0 aliphatic carbocycles. The van der Waals surface area contributed by atoms with E-state index in [1.165, 1.54) is 5.56 Å². The minimum atomic E-state index is -0.180. The summed E-state index contributed by atoms with van der Waals surface area (Å²) in [4.78, 5) is 12.8. The van der Waals surface area contributed by atoms with Gasteiger partial charge >= 0.3 is 0 Å². The van der Waals surface area contributed by atoms with Crippen LogP contribution in [0.1, 0.15) is 35.3 Å². The number of nitrogens with one attached hydrogen (secondary N) is 1. The molecule has 0 bridgehead atoms. The molecule has 2 aromatic rings. The number of carbonyl (C=O) groups excluding carboxylic acids is 1. The number of ether oxygens (including phenoxy) is 1. The van der Waals surface area contributed by atoms with E-state index in [9.17, 15) is 4.79 Å². The molecule has 7 nitrogen and oxygen atoms in total. The van der Waals surface area contributed by atoms with Crippen molar-refractivity contribution in [2.75, 3.05) is 20.3 Å². The minimum absolute atomic E-state index is 0.111. The number of amides is 1. The molecular weight excluding hydrogens is 366 g/mol. The van der Waals surface area contributed by atoms with E-state index >= 15 is 0 Å². The van der Waals surface area contributed by atoms with Gasteiger partial charge in [-0.05, 0) is 55.3 Å². The topological polar surface area (TPSA) is 92.3 Å². The molecule has 0 spiro atoms. The van der Waals surface area contributed by atoms with Crippen molar-refractivity contribution in [2.24, 2.45) is 16.3 Å². The van der Waals surface area contributed by atoms with Gasteiger partial charge in [-0.15, -0.1) is 0 Å². The fraction of sp³-hybridized carbons (Fsp3) is 0.318. The zero-order valence-corrected chi connectivity index (χ0v) is 17.5. The first-order valence-electron chi connectivity index (χ1n) is 9.49. The zero-order chi connectivity index (χ0) is 21.4. The molecule has 0 fully saturated rings. The highest BCUT2D eigenvalue weighted by Gasteiger charge is 2.16. The molecule has 154 valence electrons. The monoisotopic (exact) mass is 395 g/mol. The summed E-state index contributed by atoms with van der Waals surface area (Å²) in [7, 11) is 1.61. The molecular formula is C22H29N5O2. The van der Waals surface area contributed by atoms with Gasteiger partial charge in [0, 0.05) is 30.8 Å². The molecule has 0 aromatic heterocycles. The van der Waals surface area contributed by atoms with Crippen molar-refractivity contribution in [1.82, 2.24) is 10.3 Å². The maximum Gasteiger partial charge on any atom is 0.251 e. The molecule has 1 amide bonds. The van der Waals surface area contributed by atoms with Crippen LogP contribution in [0.3, 0.4) is 0 Å². The van der Waals surface area contributed by atoms with Gasteiger partial charge in [-0.3, -0.25) is 4.79 Å². The first kappa shape index (κ1) is 22.1. The van der Waals surface area contributed by atoms with E-state index < -0.39 is 0 Å². The third-order valence-corrected chi connectivity index (χ3v) is 4.48. The number of rotatable bonds is 9. The Balaban J connectivity index is 2.49. The minimum Gasteiger partial charge on any atom is -0.383 e. The quantitative estimate of drug-likeness (QED) is 0.382. The normalized spacial score (nSPS) is 12.0. The second kappa shape index (κ2) is 10.4. The Morgan fingerprint density at radius 3 is 2.45 bits per heavy atom. The van der Waals surface area contributed by atoms with E-state index in [0.29, 0.717) is 24.4 Å². The van der Waals surface area contributed by atoms with E-state index in [1.54, 1.807) is 18.2 Å². The lowest BCUT2D eigenvalue weighted by molar-refractivity contribution is 0.0905. The van der Waals surface area contributed by atoms with Gasteiger partial charge in [0.1, 0.15) is 0 Å². The predicted octanol–water partition coefficient (Wildman–Crippen LogP) is 3.96. The largest absolute Gasteiger partial charge is 0.383 e. The maximum atomic E-state index is 12.8. The van der Waals surface area contributed by atoms with Crippen molar-refractivity contribution in [3.63, 3.8) is 0 Å². The fourth-order valence-electron chi connectivity index (χ4n) is 2.96. The first-order chi connectivity index (χ1) is 13.9. The molecule has 1 unspecified atom stereocenters. The number of aryl methyl sites for hydroxylation is 1. The highest BCUT2D eigenvalue weighted by molar-refractivity contribution is 5.96. The van der Waals surface area contributed by atoms with Gasteiger partial charge in [-0.1, -0.05) is 41.6 Å². The Labute approximate surface area is 172 Å². The average molecular weight is 396 g/mol. The molecule has 0 saturated carbocycles. The number of nitrogens with two attached hydrogens (primary N) is 1. The second-order valence-electron chi connectivity index (χ2n) is 6.86. The maximum absolute atomic E-state index is 12.8. The average Bonchev–Trinajstić information content (AvgIpc) is 2.71. The van der Waals surface area contributed by atoms with E-state index in [2.05, 4.69) is 22.3 Å².